The number of hydrogen-bond donors (Lipinski definition) is 1. The zero-order valence-corrected chi connectivity index (χ0v) is 33.0. The molecule has 0 unspecified atom stereocenters. The molecule has 261 valence electrons. The third-order valence-electron chi connectivity index (χ3n) is 10.6. The first-order chi connectivity index (χ1) is 22.7. The molecule has 0 saturated carbocycles. The molecule has 6 aromatic rings. The van der Waals surface area contributed by atoms with Crippen LogP contribution < -0.4 is 0 Å². The summed E-state index contributed by atoms with van der Waals surface area (Å²) in [6, 6.07) is 22.4. The van der Waals surface area contributed by atoms with Crippen molar-refractivity contribution in [3.05, 3.63) is 90.0 Å². The van der Waals surface area contributed by atoms with Crippen LogP contribution in [0.2, 0.25) is 0 Å². The largest absolute Gasteiger partial charge is 0.512 e. The molecule has 1 radical (unpaired) electrons. The van der Waals surface area contributed by atoms with Gasteiger partial charge in [-0.25, -0.2) is 0 Å². The van der Waals surface area contributed by atoms with Gasteiger partial charge in [-0.2, -0.15) is 0 Å². The number of carbonyl (C=O) groups excluding carboxylic acids is 1. The fourth-order valence-electron chi connectivity index (χ4n) is 6.22. The Balaban J connectivity index is 0.000000260. The molecule has 0 bridgehead atoms. The number of aromatic nitrogens is 1. The van der Waals surface area contributed by atoms with Crippen LogP contribution in [0.15, 0.2) is 81.5 Å². The van der Waals surface area contributed by atoms with E-state index in [0.29, 0.717) is 0 Å². The molecule has 6 rings (SSSR count). The molecule has 6 heteroatoms. The Morgan fingerprint density at radius 1 is 0.816 bits per heavy atom. The number of aliphatic hydroxyl groups excluding tert-OH is 1. The van der Waals surface area contributed by atoms with Crippen LogP contribution in [0.4, 0.5) is 0 Å². The minimum atomic E-state index is -0.337. The Hall–Kier alpha value is -3.73. The summed E-state index contributed by atoms with van der Waals surface area (Å²) in [7, 11) is 0. The molecule has 1 N–H and O–H groups in total. The molecule has 49 heavy (non-hydrogen) atoms. The van der Waals surface area contributed by atoms with Crippen molar-refractivity contribution in [2.24, 2.45) is 10.8 Å². The predicted octanol–water partition coefficient (Wildman–Crippen LogP) is 12.6. The minimum absolute atomic E-state index is 0. The number of carbonyl (C=O) groups is 1. The van der Waals surface area contributed by atoms with Crippen molar-refractivity contribution in [1.29, 1.82) is 0 Å². The van der Waals surface area contributed by atoms with Crippen LogP contribution in [-0.2, 0) is 30.3 Å². The maximum atomic E-state index is 12.2. The average Bonchev–Trinajstić information content (AvgIpc) is 3.63. The zero-order chi connectivity index (χ0) is 35.0. The molecule has 0 fully saturated rings. The molecule has 3 aromatic heterocycles. The number of ketones is 1. The molecular weight excluding hydrogens is 787 g/mol. The van der Waals surface area contributed by atoms with Crippen LogP contribution in [0.25, 0.3) is 54.9 Å². The molecule has 0 amide bonds. The summed E-state index contributed by atoms with van der Waals surface area (Å²) in [5.74, 6) is 1.18. The number of aryl methyl sites for hydroxylation is 1. The number of benzene rings is 3. The van der Waals surface area contributed by atoms with Gasteiger partial charge in [0.05, 0.1) is 0 Å². The number of hydrogen-bond acceptors (Lipinski definition) is 5. The molecule has 3 aromatic carbocycles. The van der Waals surface area contributed by atoms with E-state index in [4.69, 9.17) is 13.8 Å². The third-order valence-corrected chi connectivity index (χ3v) is 10.6. The van der Waals surface area contributed by atoms with Gasteiger partial charge < -0.3 is 13.9 Å². The number of nitrogens with zero attached hydrogens (tertiary/aromatic N) is 1. The Labute approximate surface area is 304 Å². The molecule has 0 spiro atoms. The molecule has 0 saturated heterocycles. The Kier molecular flexibility index (Phi) is 11.4. The number of pyridine rings is 1. The summed E-state index contributed by atoms with van der Waals surface area (Å²) in [5, 5.41) is 15.7. The van der Waals surface area contributed by atoms with Gasteiger partial charge in [0.15, 0.2) is 5.78 Å². The van der Waals surface area contributed by atoms with Crippen molar-refractivity contribution in [3.8, 4) is 11.3 Å². The summed E-state index contributed by atoms with van der Waals surface area (Å²) >= 11 is 0. The summed E-state index contributed by atoms with van der Waals surface area (Å²) in [6.07, 6.45) is 6.61. The fourth-order valence-corrected chi connectivity index (χ4v) is 6.22. The number of aliphatic hydroxyl groups is 1. The van der Waals surface area contributed by atoms with E-state index in [2.05, 4.69) is 69.3 Å². The van der Waals surface area contributed by atoms with Gasteiger partial charge in [0.2, 0.25) is 0 Å². The Bertz CT molecular complexity index is 2130. The van der Waals surface area contributed by atoms with E-state index in [1.54, 1.807) is 0 Å². The summed E-state index contributed by atoms with van der Waals surface area (Å²) in [5.41, 5.74) is 4.87. The van der Waals surface area contributed by atoms with E-state index in [1.807, 2.05) is 66.8 Å². The van der Waals surface area contributed by atoms with E-state index in [1.165, 1.54) is 17.0 Å². The third kappa shape index (κ3) is 7.42. The van der Waals surface area contributed by atoms with Gasteiger partial charge in [-0.3, -0.25) is 9.78 Å². The fraction of sp³-hybridized carbons (Fsp3) is 0.395. The normalized spacial score (nSPS) is 12.7. The van der Waals surface area contributed by atoms with Crippen LogP contribution in [0.3, 0.4) is 0 Å². The van der Waals surface area contributed by atoms with Crippen molar-refractivity contribution >= 4 is 49.5 Å². The number of furan rings is 2. The van der Waals surface area contributed by atoms with Gasteiger partial charge in [0.1, 0.15) is 28.3 Å². The van der Waals surface area contributed by atoms with Crippen LogP contribution in [0, 0.1) is 23.8 Å². The van der Waals surface area contributed by atoms with Gasteiger partial charge in [-0.05, 0) is 56.2 Å². The summed E-state index contributed by atoms with van der Waals surface area (Å²) < 4.78 is 12.2. The van der Waals surface area contributed by atoms with Gasteiger partial charge in [0, 0.05) is 71.1 Å². The SMILES string of the molecule is CCC(C)(CC)C(=O)/C=C(\O)C(C)(CC)CC.Cc1cc2cc3c(cc2o1)oc1c(-c2[c-]c4ccccc4c(C(C)(C)C)c2)nccc13.[Ir]. The first-order valence-electron chi connectivity index (χ1n) is 17.3. The second kappa shape index (κ2) is 14.6. The van der Waals surface area contributed by atoms with Gasteiger partial charge >= 0.3 is 0 Å². The monoisotopic (exact) mass is 837 g/mol. The van der Waals surface area contributed by atoms with E-state index in [9.17, 15) is 9.90 Å². The van der Waals surface area contributed by atoms with Gasteiger partial charge in [-0.15, -0.1) is 29.1 Å². The van der Waals surface area contributed by atoms with Crippen LogP contribution in [0.5, 0.6) is 0 Å². The van der Waals surface area contributed by atoms with Crippen LogP contribution in [-0.4, -0.2) is 15.9 Å². The Morgan fingerprint density at radius 2 is 1.47 bits per heavy atom. The van der Waals surface area contributed by atoms with E-state index in [-0.39, 0.29) is 47.9 Å². The molecule has 0 aliphatic rings. The minimum Gasteiger partial charge on any atom is -0.512 e. The van der Waals surface area contributed by atoms with Crippen LogP contribution >= 0.6 is 0 Å². The number of allylic oxidation sites excluding steroid dienone is 2. The van der Waals surface area contributed by atoms with E-state index < -0.39 is 0 Å². The van der Waals surface area contributed by atoms with Crippen molar-refractivity contribution in [1.82, 2.24) is 4.98 Å². The average molecular weight is 837 g/mol. The van der Waals surface area contributed by atoms with E-state index in [0.717, 1.165) is 81.0 Å². The summed E-state index contributed by atoms with van der Waals surface area (Å²) in [6.45, 7) is 20.8. The van der Waals surface area contributed by atoms with Crippen molar-refractivity contribution < 1.29 is 38.8 Å². The molecule has 0 aliphatic heterocycles. The summed E-state index contributed by atoms with van der Waals surface area (Å²) in [4.78, 5) is 16.9. The van der Waals surface area contributed by atoms with Gasteiger partial charge in [0.25, 0.3) is 0 Å². The number of fused-ring (bicyclic) bond motifs is 5. The topological polar surface area (TPSA) is 76.5 Å². The predicted molar refractivity (Wildman–Crippen MR) is 200 cm³/mol. The molecule has 3 heterocycles. The maximum Gasteiger partial charge on any atom is 0.164 e. The van der Waals surface area contributed by atoms with Crippen molar-refractivity contribution in [2.45, 2.75) is 100 Å². The van der Waals surface area contributed by atoms with Gasteiger partial charge in [-0.1, -0.05) is 91.5 Å². The smallest absolute Gasteiger partial charge is 0.164 e. The van der Waals surface area contributed by atoms with E-state index >= 15 is 0 Å². The molecule has 0 atom stereocenters. The second-order valence-electron chi connectivity index (χ2n) is 14.7. The van der Waals surface area contributed by atoms with Crippen LogP contribution in [0.1, 0.15) is 99.3 Å². The second-order valence-corrected chi connectivity index (χ2v) is 14.7. The molecular formula is C43H50IrNO4-. The Morgan fingerprint density at radius 3 is 2.10 bits per heavy atom. The maximum absolute atomic E-state index is 12.2. The number of rotatable bonds is 8. The quantitative estimate of drug-likeness (QED) is 0.0939. The first-order valence-corrected chi connectivity index (χ1v) is 17.3. The zero-order valence-electron chi connectivity index (χ0n) is 30.6. The van der Waals surface area contributed by atoms with Crippen molar-refractivity contribution in [3.63, 3.8) is 0 Å². The molecule has 0 aliphatic carbocycles. The molecule has 5 nitrogen and oxygen atoms in total. The standard InChI is InChI=1S/C28H22NO2.C15H28O2.Ir/c1-16-11-18-13-22-21-9-10-29-26(27(21)31-25(22)15-24(18)30-16)19-12-17-7-5-6-8-20(17)23(14-19)28(2,3)4;1-7-14(5,8-2)12(16)11-13(17)15(6,9-3)10-4;/h5-11,13-15H,1-4H3;11,16H,7-10H2,1-6H3;/q-1;;/b;12-11-;. The first kappa shape index (κ1) is 38.1. The van der Waals surface area contributed by atoms with Crippen molar-refractivity contribution in [2.75, 3.05) is 0 Å².